The zero-order chi connectivity index (χ0) is 14.9. The fourth-order valence-electron chi connectivity index (χ4n) is 1.40. The molecule has 0 spiro atoms. The van der Waals surface area contributed by atoms with Gasteiger partial charge in [0.15, 0.2) is 0 Å². The molecule has 0 fully saturated rings. The quantitative estimate of drug-likeness (QED) is 0.830. The van der Waals surface area contributed by atoms with Gasteiger partial charge in [0.1, 0.15) is 11.0 Å². The van der Waals surface area contributed by atoms with E-state index in [0.717, 1.165) is 6.07 Å². The molecule has 2 aromatic rings. The first-order valence-electron chi connectivity index (χ1n) is 5.27. The number of aromatic nitrogens is 2. The van der Waals surface area contributed by atoms with Crippen molar-refractivity contribution in [3.05, 3.63) is 45.4 Å². The van der Waals surface area contributed by atoms with Gasteiger partial charge in [-0.05, 0) is 47.1 Å². The Kier molecular flexibility index (Phi) is 4.26. The van der Waals surface area contributed by atoms with E-state index in [0.29, 0.717) is 5.69 Å². The molecule has 9 heteroatoms. The Morgan fingerprint density at radius 3 is 2.60 bits per heavy atom. The van der Waals surface area contributed by atoms with Gasteiger partial charge in [0.25, 0.3) is 10.0 Å². The van der Waals surface area contributed by atoms with Crippen LogP contribution in [-0.4, -0.2) is 18.4 Å². The SMILES string of the molecule is Cc1cc(Cl)nc(NS(=O)(=O)c2ccc(Br)c(F)c2)n1. The van der Waals surface area contributed by atoms with Crippen LogP contribution in [0.1, 0.15) is 5.69 Å². The van der Waals surface area contributed by atoms with E-state index < -0.39 is 15.8 Å². The predicted molar refractivity (Wildman–Crippen MR) is 76.7 cm³/mol. The van der Waals surface area contributed by atoms with Crippen molar-refractivity contribution in [2.75, 3.05) is 4.72 Å². The van der Waals surface area contributed by atoms with Crippen molar-refractivity contribution in [3.8, 4) is 0 Å². The number of halogens is 3. The molecule has 1 heterocycles. The molecule has 0 unspecified atom stereocenters. The average Bonchev–Trinajstić information content (AvgIpc) is 2.30. The van der Waals surface area contributed by atoms with Gasteiger partial charge < -0.3 is 0 Å². The van der Waals surface area contributed by atoms with E-state index in [2.05, 4.69) is 30.6 Å². The highest BCUT2D eigenvalue weighted by Gasteiger charge is 2.17. The predicted octanol–water partition coefficient (Wildman–Crippen LogP) is 3.14. The van der Waals surface area contributed by atoms with Crippen LogP contribution < -0.4 is 4.72 Å². The average molecular weight is 381 g/mol. The highest BCUT2D eigenvalue weighted by atomic mass is 79.9. The van der Waals surface area contributed by atoms with Crippen molar-refractivity contribution in [2.45, 2.75) is 11.8 Å². The highest BCUT2D eigenvalue weighted by Crippen LogP contribution is 2.21. The first-order chi connectivity index (χ1) is 9.28. The maximum atomic E-state index is 13.4. The van der Waals surface area contributed by atoms with Crippen molar-refractivity contribution in [1.82, 2.24) is 9.97 Å². The van der Waals surface area contributed by atoms with Gasteiger partial charge in [-0.1, -0.05) is 11.6 Å². The summed E-state index contributed by atoms with van der Waals surface area (Å²) in [7, 11) is -3.98. The summed E-state index contributed by atoms with van der Waals surface area (Å²) in [4.78, 5) is 7.40. The van der Waals surface area contributed by atoms with Gasteiger partial charge in [0.2, 0.25) is 5.95 Å². The smallest absolute Gasteiger partial charge is 0.247 e. The van der Waals surface area contributed by atoms with E-state index in [1.165, 1.54) is 18.2 Å². The Morgan fingerprint density at radius 2 is 2.00 bits per heavy atom. The Balaban J connectivity index is 2.37. The molecule has 106 valence electrons. The van der Waals surface area contributed by atoms with E-state index in [1.807, 2.05) is 0 Å². The number of nitrogens with one attached hydrogen (secondary N) is 1. The van der Waals surface area contributed by atoms with Gasteiger partial charge >= 0.3 is 0 Å². The van der Waals surface area contributed by atoms with Crippen LogP contribution >= 0.6 is 27.5 Å². The molecule has 0 amide bonds. The molecular weight excluding hydrogens is 373 g/mol. The van der Waals surface area contributed by atoms with E-state index >= 15 is 0 Å². The van der Waals surface area contributed by atoms with Crippen molar-refractivity contribution >= 4 is 43.5 Å². The van der Waals surface area contributed by atoms with E-state index in [4.69, 9.17) is 11.6 Å². The molecule has 0 aliphatic heterocycles. The summed E-state index contributed by atoms with van der Waals surface area (Å²) in [6, 6.07) is 4.93. The number of aryl methyl sites for hydroxylation is 1. The first-order valence-corrected chi connectivity index (χ1v) is 7.92. The van der Waals surface area contributed by atoms with Crippen molar-refractivity contribution in [2.24, 2.45) is 0 Å². The van der Waals surface area contributed by atoms with Crippen molar-refractivity contribution < 1.29 is 12.8 Å². The number of hydrogen-bond acceptors (Lipinski definition) is 4. The maximum Gasteiger partial charge on any atom is 0.264 e. The Hall–Kier alpha value is -1.25. The van der Waals surface area contributed by atoms with E-state index in [-0.39, 0.29) is 20.5 Å². The van der Waals surface area contributed by atoms with Crippen LogP contribution in [0.5, 0.6) is 0 Å². The second kappa shape index (κ2) is 5.63. The minimum Gasteiger partial charge on any atom is -0.247 e. The van der Waals surface area contributed by atoms with Crippen LogP contribution in [0.15, 0.2) is 33.6 Å². The zero-order valence-corrected chi connectivity index (χ0v) is 13.2. The van der Waals surface area contributed by atoms with Gasteiger partial charge in [0, 0.05) is 5.69 Å². The standard InChI is InChI=1S/C11H8BrClFN3O2S/c1-6-4-10(13)16-11(15-6)17-20(18,19)7-2-3-8(12)9(14)5-7/h2-5H,1H3,(H,15,16,17). The molecule has 2 rings (SSSR count). The van der Waals surface area contributed by atoms with Gasteiger partial charge in [-0.3, -0.25) is 0 Å². The summed E-state index contributed by atoms with van der Waals surface area (Å²) >= 11 is 8.67. The number of benzene rings is 1. The lowest BCUT2D eigenvalue weighted by Crippen LogP contribution is -2.15. The summed E-state index contributed by atoms with van der Waals surface area (Å²) in [6.07, 6.45) is 0. The van der Waals surface area contributed by atoms with Crippen LogP contribution in [0.2, 0.25) is 5.15 Å². The molecule has 1 aromatic carbocycles. The van der Waals surface area contributed by atoms with Crippen molar-refractivity contribution in [1.29, 1.82) is 0 Å². The van der Waals surface area contributed by atoms with Crippen LogP contribution in [0.3, 0.4) is 0 Å². The molecular formula is C11H8BrClFN3O2S. The minimum atomic E-state index is -3.98. The van der Waals surface area contributed by atoms with Crippen LogP contribution in [-0.2, 0) is 10.0 Å². The summed E-state index contributed by atoms with van der Waals surface area (Å²) in [5, 5.41) is 0.109. The third kappa shape index (κ3) is 3.44. The molecule has 0 aliphatic carbocycles. The Morgan fingerprint density at radius 1 is 1.30 bits per heavy atom. The number of nitrogens with zero attached hydrogens (tertiary/aromatic N) is 2. The second-order valence-corrected chi connectivity index (χ2v) is 6.76. The van der Waals surface area contributed by atoms with E-state index in [9.17, 15) is 12.8 Å². The second-order valence-electron chi connectivity index (χ2n) is 3.84. The zero-order valence-electron chi connectivity index (χ0n) is 10.1. The van der Waals surface area contributed by atoms with Crippen LogP contribution in [0.25, 0.3) is 0 Å². The molecule has 0 aliphatic rings. The number of hydrogen-bond donors (Lipinski definition) is 1. The fourth-order valence-corrected chi connectivity index (χ4v) is 2.84. The molecule has 0 bridgehead atoms. The molecule has 20 heavy (non-hydrogen) atoms. The molecule has 0 saturated carbocycles. The number of anilines is 1. The molecule has 5 nitrogen and oxygen atoms in total. The summed E-state index contributed by atoms with van der Waals surface area (Å²) in [5.41, 5.74) is 0.504. The van der Waals surface area contributed by atoms with Crippen LogP contribution in [0, 0.1) is 12.7 Å². The fraction of sp³-hybridized carbons (Fsp3) is 0.0909. The third-order valence-corrected chi connectivity index (χ3v) is 4.41. The summed E-state index contributed by atoms with van der Waals surface area (Å²) in [5.74, 6) is -0.852. The van der Waals surface area contributed by atoms with Crippen LogP contribution in [0.4, 0.5) is 10.3 Å². The van der Waals surface area contributed by atoms with Gasteiger partial charge in [-0.2, -0.15) is 0 Å². The number of sulfonamides is 1. The monoisotopic (exact) mass is 379 g/mol. The topological polar surface area (TPSA) is 72.0 Å². The molecule has 0 radical (unpaired) electrons. The lowest BCUT2D eigenvalue weighted by molar-refractivity contribution is 0.593. The van der Waals surface area contributed by atoms with Gasteiger partial charge in [-0.25, -0.2) is 27.5 Å². The molecule has 1 N–H and O–H groups in total. The van der Waals surface area contributed by atoms with E-state index in [1.54, 1.807) is 6.92 Å². The number of rotatable bonds is 3. The maximum absolute atomic E-state index is 13.4. The Labute approximate surface area is 128 Å². The van der Waals surface area contributed by atoms with Crippen molar-refractivity contribution in [3.63, 3.8) is 0 Å². The normalized spacial score (nSPS) is 11.4. The summed E-state index contributed by atoms with van der Waals surface area (Å²) < 4.78 is 39.8. The molecule has 0 saturated heterocycles. The lowest BCUT2D eigenvalue weighted by Gasteiger charge is -2.08. The highest BCUT2D eigenvalue weighted by molar-refractivity contribution is 9.10. The first kappa shape index (κ1) is 15.1. The molecule has 1 aromatic heterocycles. The third-order valence-electron chi connectivity index (χ3n) is 2.25. The van der Waals surface area contributed by atoms with Gasteiger partial charge in [-0.15, -0.1) is 0 Å². The molecule has 0 atom stereocenters. The Bertz CT molecular complexity index is 750. The largest absolute Gasteiger partial charge is 0.264 e. The lowest BCUT2D eigenvalue weighted by atomic mass is 10.3. The summed E-state index contributed by atoms with van der Waals surface area (Å²) in [6.45, 7) is 1.64. The van der Waals surface area contributed by atoms with Gasteiger partial charge in [0.05, 0.1) is 9.37 Å². The minimum absolute atomic E-state index is 0.109.